The number of rotatable bonds is 69. The van der Waals surface area contributed by atoms with Crippen LogP contribution in [0, 0.1) is 0 Å². The standard InChI is InChI=1S/C81H149NO8/c1-3-5-7-9-11-13-15-17-19-21-23-25-27-29-31-32-33-34-35-36-37-38-39-40-41-42-43-44-45-47-49-51-53-55-57-59-61-63-65-67-69-71-77(85)82-74(73-89-81-80(88)79(87)78(86)76(72-83)90-81)75(84)70-68-66-64-62-60-58-56-54-52-50-48-46-30-28-26-24-22-20-18-16-14-12-10-8-6-4-2/h5,7,11,13,17,19,23,25,29,31,68,70,74-76,78-81,83-84,86-88H,3-4,6,8-10,12,14-16,18,20-22,24,26-28,30,32-67,69,71-73H2,1-2H3,(H,82,85)/b7-5-,13-11-,19-17-,25-23-,31-29-,70-68+. The molecule has 0 aliphatic carbocycles. The van der Waals surface area contributed by atoms with Crippen LogP contribution >= 0.6 is 0 Å². The molecular formula is C81H149NO8. The maximum Gasteiger partial charge on any atom is 0.220 e. The first-order valence-corrected chi connectivity index (χ1v) is 39.2. The van der Waals surface area contributed by atoms with Crippen LogP contribution in [-0.2, 0) is 14.3 Å². The van der Waals surface area contributed by atoms with Gasteiger partial charge in [-0.15, -0.1) is 0 Å². The van der Waals surface area contributed by atoms with Crippen molar-refractivity contribution < 1.29 is 39.8 Å². The summed E-state index contributed by atoms with van der Waals surface area (Å²) in [6.07, 6.45) is 91.9. The summed E-state index contributed by atoms with van der Waals surface area (Å²) in [7, 11) is 0. The fourth-order valence-electron chi connectivity index (χ4n) is 12.5. The number of hydrogen-bond acceptors (Lipinski definition) is 8. The lowest BCUT2D eigenvalue weighted by atomic mass is 9.99. The van der Waals surface area contributed by atoms with Gasteiger partial charge in [0.1, 0.15) is 24.4 Å². The molecule has 526 valence electrons. The minimum Gasteiger partial charge on any atom is -0.394 e. The van der Waals surface area contributed by atoms with Gasteiger partial charge in [-0.1, -0.05) is 382 Å². The molecule has 0 bridgehead atoms. The Morgan fingerprint density at radius 3 is 1.02 bits per heavy atom. The van der Waals surface area contributed by atoms with Crippen molar-refractivity contribution in [2.75, 3.05) is 13.2 Å². The smallest absolute Gasteiger partial charge is 0.220 e. The summed E-state index contributed by atoms with van der Waals surface area (Å²) in [5.41, 5.74) is 0. The van der Waals surface area contributed by atoms with Crippen molar-refractivity contribution in [1.29, 1.82) is 0 Å². The maximum atomic E-state index is 13.2. The highest BCUT2D eigenvalue weighted by Crippen LogP contribution is 2.24. The third-order valence-electron chi connectivity index (χ3n) is 18.5. The summed E-state index contributed by atoms with van der Waals surface area (Å²) in [6, 6.07) is -0.807. The molecule has 0 radical (unpaired) electrons. The fraction of sp³-hybridized carbons (Fsp3) is 0.840. The van der Waals surface area contributed by atoms with Crippen LogP contribution in [0.2, 0.25) is 0 Å². The molecule has 0 saturated carbocycles. The van der Waals surface area contributed by atoms with Gasteiger partial charge in [0.05, 0.1) is 25.4 Å². The average molecular weight is 1270 g/mol. The second-order valence-corrected chi connectivity index (χ2v) is 27.1. The molecule has 1 aliphatic heterocycles. The van der Waals surface area contributed by atoms with E-state index in [-0.39, 0.29) is 12.5 Å². The largest absolute Gasteiger partial charge is 0.394 e. The summed E-state index contributed by atoms with van der Waals surface area (Å²) in [6.45, 7) is 3.72. The summed E-state index contributed by atoms with van der Waals surface area (Å²) in [5.74, 6) is -0.169. The highest BCUT2D eigenvalue weighted by molar-refractivity contribution is 5.76. The van der Waals surface area contributed by atoms with Crippen molar-refractivity contribution in [3.63, 3.8) is 0 Å². The van der Waals surface area contributed by atoms with Gasteiger partial charge < -0.3 is 40.3 Å². The van der Waals surface area contributed by atoms with E-state index in [1.807, 2.05) is 6.08 Å². The number of carbonyl (C=O) groups excluding carboxylic acids is 1. The van der Waals surface area contributed by atoms with Gasteiger partial charge in [0.2, 0.25) is 5.91 Å². The minimum absolute atomic E-state index is 0.169. The number of ether oxygens (including phenoxy) is 2. The zero-order valence-corrected chi connectivity index (χ0v) is 59.1. The van der Waals surface area contributed by atoms with E-state index in [2.05, 4.69) is 79.9 Å². The maximum absolute atomic E-state index is 13.2. The minimum atomic E-state index is -1.57. The quantitative estimate of drug-likeness (QED) is 0.0261. The molecule has 7 unspecified atom stereocenters. The zero-order chi connectivity index (χ0) is 64.9. The lowest BCUT2D eigenvalue weighted by Crippen LogP contribution is -2.60. The van der Waals surface area contributed by atoms with Gasteiger partial charge in [-0.05, 0) is 64.2 Å². The molecule has 9 nitrogen and oxygen atoms in total. The topological polar surface area (TPSA) is 149 Å². The first kappa shape index (κ1) is 85.6. The van der Waals surface area contributed by atoms with Crippen LogP contribution in [0.1, 0.15) is 380 Å². The van der Waals surface area contributed by atoms with Gasteiger partial charge in [0.15, 0.2) is 6.29 Å². The van der Waals surface area contributed by atoms with Crippen LogP contribution in [0.25, 0.3) is 0 Å². The number of aliphatic hydroxyl groups is 5. The SMILES string of the molecule is CC/C=C\C/C=C\C/C=C\C/C=C\C/C=C\CCCCCCCCCCCCCCCCCCCCCCCCCCCC(=O)NC(COC1OC(CO)C(O)C(O)C1O)C(O)/C=C/CCCCCCCCCCCCCCCCCCCCCCCCCC. The van der Waals surface area contributed by atoms with Crippen molar-refractivity contribution in [2.45, 2.75) is 423 Å². The van der Waals surface area contributed by atoms with Crippen molar-refractivity contribution in [3.8, 4) is 0 Å². The van der Waals surface area contributed by atoms with E-state index in [0.29, 0.717) is 6.42 Å². The first-order valence-electron chi connectivity index (χ1n) is 39.2. The molecule has 7 atom stereocenters. The molecule has 0 aromatic rings. The van der Waals surface area contributed by atoms with Gasteiger partial charge in [-0.2, -0.15) is 0 Å². The Labute approximate surface area is 557 Å². The lowest BCUT2D eigenvalue weighted by Gasteiger charge is -2.40. The Morgan fingerprint density at radius 1 is 0.389 bits per heavy atom. The zero-order valence-electron chi connectivity index (χ0n) is 59.1. The van der Waals surface area contributed by atoms with E-state index >= 15 is 0 Å². The van der Waals surface area contributed by atoms with Crippen molar-refractivity contribution in [1.82, 2.24) is 5.32 Å². The highest BCUT2D eigenvalue weighted by Gasteiger charge is 2.44. The summed E-state index contributed by atoms with van der Waals surface area (Å²) in [4.78, 5) is 13.2. The number of hydrogen-bond donors (Lipinski definition) is 6. The molecule has 9 heteroatoms. The first-order chi connectivity index (χ1) is 44.3. The van der Waals surface area contributed by atoms with E-state index in [9.17, 15) is 30.3 Å². The Morgan fingerprint density at radius 2 is 0.689 bits per heavy atom. The third-order valence-corrected chi connectivity index (χ3v) is 18.5. The van der Waals surface area contributed by atoms with Crippen LogP contribution in [0.4, 0.5) is 0 Å². The fourth-order valence-corrected chi connectivity index (χ4v) is 12.5. The van der Waals surface area contributed by atoms with Crippen LogP contribution < -0.4 is 5.32 Å². The normalized spacial score (nSPS) is 18.1. The van der Waals surface area contributed by atoms with Crippen molar-refractivity contribution in [3.05, 3.63) is 72.9 Å². The second kappa shape index (κ2) is 69.5. The van der Waals surface area contributed by atoms with E-state index < -0.39 is 49.5 Å². The molecule has 0 aromatic carbocycles. The Balaban J connectivity index is 2.05. The van der Waals surface area contributed by atoms with Gasteiger partial charge in [-0.3, -0.25) is 4.79 Å². The molecule has 6 N–H and O–H groups in total. The number of allylic oxidation sites excluding steroid dienone is 11. The van der Waals surface area contributed by atoms with Gasteiger partial charge in [0.25, 0.3) is 0 Å². The molecule has 0 spiro atoms. The Kier molecular flexibility index (Phi) is 66.1. The molecule has 1 saturated heterocycles. The average Bonchev–Trinajstić information content (AvgIpc) is 1.28. The molecule has 1 heterocycles. The lowest BCUT2D eigenvalue weighted by molar-refractivity contribution is -0.302. The molecule has 1 amide bonds. The molecule has 90 heavy (non-hydrogen) atoms. The summed E-state index contributed by atoms with van der Waals surface area (Å²) >= 11 is 0. The predicted octanol–water partition coefficient (Wildman–Crippen LogP) is 22.3. The molecule has 1 fully saturated rings. The summed E-state index contributed by atoms with van der Waals surface area (Å²) in [5, 5.41) is 54.9. The van der Waals surface area contributed by atoms with E-state index in [1.54, 1.807) is 6.08 Å². The molecule has 0 aromatic heterocycles. The number of carbonyl (C=O) groups is 1. The Hall–Kier alpha value is -2.37. The number of aliphatic hydroxyl groups excluding tert-OH is 5. The van der Waals surface area contributed by atoms with Gasteiger partial charge in [-0.25, -0.2) is 0 Å². The number of amides is 1. The molecule has 1 rings (SSSR count). The molecule has 1 aliphatic rings. The van der Waals surface area contributed by atoms with Crippen LogP contribution in [0.3, 0.4) is 0 Å². The second-order valence-electron chi connectivity index (χ2n) is 27.1. The predicted molar refractivity (Wildman–Crippen MR) is 387 cm³/mol. The highest BCUT2D eigenvalue weighted by atomic mass is 16.7. The van der Waals surface area contributed by atoms with Gasteiger partial charge in [0, 0.05) is 6.42 Å². The Bertz CT molecular complexity index is 1660. The van der Waals surface area contributed by atoms with Crippen molar-refractivity contribution in [2.24, 2.45) is 0 Å². The number of nitrogens with one attached hydrogen (secondary N) is 1. The van der Waals surface area contributed by atoms with Gasteiger partial charge >= 0.3 is 0 Å². The van der Waals surface area contributed by atoms with E-state index in [1.165, 1.54) is 289 Å². The van der Waals surface area contributed by atoms with E-state index in [4.69, 9.17) is 9.47 Å². The number of unbranched alkanes of at least 4 members (excludes halogenated alkanes) is 49. The van der Waals surface area contributed by atoms with Crippen LogP contribution in [0.15, 0.2) is 72.9 Å². The van der Waals surface area contributed by atoms with E-state index in [0.717, 1.165) is 70.6 Å². The third kappa shape index (κ3) is 57.1. The monoisotopic (exact) mass is 1260 g/mol. The van der Waals surface area contributed by atoms with Crippen molar-refractivity contribution >= 4 is 5.91 Å². The molecular weight excluding hydrogens is 1110 g/mol. The summed E-state index contributed by atoms with van der Waals surface area (Å²) < 4.78 is 11.3. The van der Waals surface area contributed by atoms with Crippen LogP contribution in [0.5, 0.6) is 0 Å². The van der Waals surface area contributed by atoms with Crippen LogP contribution in [-0.4, -0.2) is 87.5 Å².